The highest BCUT2D eigenvalue weighted by atomic mass is 32.1. The molecule has 0 atom stereocenters. The van der Waals surface area contributed by atoms with Gasteiger partial charge in [-0.2, -0.15) is 0 Å². The first kappa shape index (κ1) is 18.0. The van der Waals surface area contributed by atoms with E-state index >= 15 is 0 Å². The summed E-state index contributed by atoms with van der Waals surface area (Å²) in [6, 6.07) is 6.57. The first-order chi connectivity index (χ1) is 12.4. The average molecular weight is 373 g/mol. The summed E-state index contributed by atoms with van der Waals surface area (Å²) >= 11 is 1.39. The Kier molecular flexibility index (Phi) is 5.29. The summed E-state index contributed by atoms with van der Waals surface area (Å²) < 4.78 is 0. The van der Waals surface area contributed by atoms with Gasteiger partial charge in [0.25, 0.3) is 0 Å². The van der Waals surface area contributed by atoms with Crippen molar-refractivity contribution in [2.45, 2.75) is 19.9 Å². The molecule has 1 aromatic heterocycles. The Balaban J connectivity index is 1.62. The number of carbonyl (C=O) groups is 3. The smallest absolute Gasteiger partial charge is 0.315 e. The third-order valence-corrected chi connectivity index (χ3v) is 4.79. The Hall–Kier alpha value is -2.78. The predicted octanol–water partition coefficient (Wildman–Crippen LogP) is 1.67. The minimum Gasteiger partial charge on any atom is -0.326 e. The number of aromatic nitrogens is 1. The molecule has 3 N–H and O–H groups in total. The van der Waals surface area contributed by atoms with Crippen molar-refractivity contribution in [1.29, 1.82) is 0 Å². The van der Waals surface area contributed by atoms with Gasteiger partial charge in [0.2, 0.25) is 5.91 Å². The van der Waals surface area contributed by atoms with E-state index in [4.69, 9.17) is 0 Å². The number of thiazole rings is 1. The van der Waals surface area contributed by atoms with Gasteiger partial charge in [0.1, 0.15) is 0 Å². The minimum absolute atomic E-state index is 0.218. The summed E-state index contributed by atoms with van der Waals surface area (Å²) in [6.07, 6.45) is 0.834. The predicted molar refractivity (Wildman–Crippen MR) is 100 cm³/mol. The van der Waals surface area contributed by atoms with Gasteiger partial charge in [-0.15, -0.1) is 11.3 Å². The van der Waals surface area contributed by atoms with E-state index in [9.17, 15) is 14.4 Å². The van der Waals surface area contributed by atoms with E-state index < -0.39 is 11.8 Å². The molecule has 0 unspecified atom stereocenters. The summed E-state index contributed by atoms with van der Waals surface area (Å²) in [6.45, 7) is 3.12. The summed E-state index contributed by atoms with van der Waals surface area (Å²) in [5.41, 5.74) is 1.93. The van der Waals surface area contributed by atoms with Gasteiger partial charge < -0.3 is 15.5 Å². The van der Waals surface area contributed by atoms with Crippen molar-refractivity contribution in [2.75, 3.05) is 29.5 Å². The van der Waals surface area contributed by atoms with Gasteiger partial charge in [-0.05, 0) is 25.2 Å². The van der Waals surface area contributed by atoms with Gasteiger partial charge in [0.05, 0.1) is 5.69 Å². The zero-order valence-electron chi connectivity index (χ0n) is 14.5. The van der Waals surface area contributed by atoms with E-state index in [2.05, 4.69) is 25.8 Å². The summed E-state index contributed by atoms with van der Waals surface area (Å²) in [5.74, 6) is -1.80. The normalized spacial score (nSPS) is 13.6. The molecule has 9 heteroatoms. The van der Waals surface area contributed by atoms with Gasteiger partial charge in [-0.1, -0.05) is 6.07 Å². The molecule has 1 aliphatic rings. The molecule has 8 nitrogen and oxygen atoms in total. The van der Waals surface area contributed by atoms with Crippen molar-refractivity contribution < 1.29 is 14.4 Å². The number of anilines is 3. The van der Waals surface area contributed by atoms with Crippen molar-refractivity contribution in [3.8, 4) is 0 Å². The molecular formula is C17H19N5O3S. The van der Waals surface area contributed by atoms with Crippen LogP contribution in [0, 0.1) is 0 Å². The summed E-state index contributed by atoms with van der Waals surface area (Å²) in [7, 11) is 2.03. The maximum Gasteiger partial charge on any atom is 0.315 e. The molecule has 3 amide bonds. The van der Waals surface area contributed by atoms with Crippen molar-refractivity contribution in [3.05, 3.63) is 34.8 Å². The van der Waals surface area contributed by atoms with Crippen molar-refractivity contribution >= 4 is 45.6 Å². The highest BCUT2D eigenvalue weighted by Gasteiger charge is 2.21. The van der Waals surface area contributed by atoms with Crippen LogP contribution in [-0.2, 0) is 27.3 Å². The van der Waals surface area contributed by atoms with Crippen LogP contribution in [0.15, 0.2) is 24.3 Å². The monoisotopic (exact) mass is 373 g/mol. The molecule has 0 aliphatic carbocycles. The van der Waals surface area contributed by atoms with Crippen LogP contribution in [0.1, 0.15) is 17.5 Å². The lowest BCUT2D eigenvalue weighted by Crippen LogP contribution is -2.29. The van der Waals surface area contributed by atoms with Gasteiger partial charge in [0.15, 0.2) is 5.13 Å². The Bertz CT molecular complexity index is 864. The fourth-order valence-electron chi connectivity index (χ4n) is 2.60. The molecule has 0 saturated carbocycles. The quantitative estimate of drug-likeness (QED) is 0.710. The molecule has 26 heavy (non-hydrogen) atoms. The van der Waals surface area contributed by atoms with E-state index in [1.54, 1.807) is 24.3 Å². The van der Waals surface area contributed by atoms with Crippen molar-refractivity contribution in [2.24, 2.45) is 0 Å². The molecular weight excluding hydrogens is 354 g/mol. The van der Waals surface area contributed by atoms with E-state index in [1.807, 2.05) is 7.05 Å². The van der Waals surface area contributed by atoms with Crippen molar-refractivity contribution in [3.63, 3.8) is 0 Å². The zero-order valence-corrected chi connectivity index (χ0v) is 15.3. The molecule has 3 rings (SSSR count). The van der Waals surface area contributed by atoms with Crippen LogP contribution >= 0.6 is 11.3 Å². The Morgan fingerprint density at radius 1 is 1.12 bits per heavy atom. The fraction of sp³-hybridized carbons (Fsp3) is 0.294. The molecule has 1 aliphatic heterocycles. The lowest BCUT2D eigenvalue weighted by atomic mass is 10.2. The van der Waals surface area contributed by atoms with Crippen LogP contribution in [0.2, 0.25) is 0 Å². The fourth-order valence-corrected chi connectivity index (χ4v) is 3.68. The summed E-state index contributed by atoms with van der Waals surface area (Å²) in [4.78, 5) is 43.0. The second kappa shape index (κ2) is 7.63. The second-order valence-electron chi connectivity index (χ2n) is 6.05. The molecule has 0 bridgehead atoms. The number of hydrogen-bond acceptors (Lipinski definition) is 6. The maximum absolute atomic E-state index is 12.1. The van der Waals surface area contributed by atoms with Crippen LogP contribution in [0.4, 0.5) is 16.5 Å². The van der Waals surface area contributed by atoms with Crippen molar-refractivity contribution in [1.82, 2.24) is 9.88 Å². The number of rotatable bonds is 3. The number of hydrogen-bond donors (Lipinski definition) is 3. The Morgan fingerprint density at radius 2 is 1.81 bits per heavy atom. The topological polar surface area (TPSA) is 103 Å². The average Bonchev–Trinajstić information content (AvgIpc) is 2.95. The number of likely N-dealkylation sites (N-methyl/N-ethyl adjacent to an activating group) is 1. The van der Waals surface area contributed by atoms with E-state index in [1.165, 1.54) is 18.3 Å². The number of carbonyl (C=O) groups excluding carboxylic acids is 3. The minimum atomic E-state index is -0.796. The van der Waals surface area contributed by atoms with Crippen LogP contribution in [-0.4, -0.2) is 41.2 Å². The molecule has 1 aromatic carbocycles. The molecule has 0 spiro atoms. The Labute approximate surface area is 154 Å². The zero-order chi connectivity index (χ0) is 18.7. The third kappa shape index (κ3) is 4.44. The van der Waals surface area contributed by atoms with Gasteiger partial charge in [-0.3, -0.25) is 19.7 Å². The van der Waals surface area contributed by atoms with Gasteiger partial charge in [0, 0.05) is 42.7 Å². The molecule has 136 valence electrons. The molecule has 0 saturated heterocycles. The highest BCUT2D eigenvalue weighted by molar-refractivity contribution is 7.16. The van der Waals surface area contributed by atoms with Crippen LogP contribution in [0.25, 0.3) is 0 Å². The molecule has 0 fully saturated rings. The number of nitrogens with one attached hydrogen (secondary N) is 3. The Morgan fingerprint density at radius 3 is 2.54 bits per heavy atom. The summed E-state index contributed by atoms with van der Waals surface area (Å²) in [5, 5.41) is 8.10. The van der Waals surface area contributed by atoms with Gasteiger partial charge in [-0.25, -0.2) is 4.98 Å². The molecule has 2 aromatic rings. The first-order valence-electron chi connectivity index (χ1n) is 8.08. The second-order valence-corrected chi connectivity index (χ2v) is 7.13. The van der Waals surface area contributed by atoms with E-state index in [-0.39, 0.29) is 5.91 Å². The highest BCUT2D eigenvalue weighted by Crippen LogP contribution is 2.27. The number of nitrogens with zero attached hydrogens (tertiary/aromatic N) is 2. The van der Waals surface area contributed by atoms with E-state index in [0.29, 0.717) is 16.5 Å². The number of amides is 3. The number of fused-ring (bicyclic) bond motifs is 1. The molecule has 2 heterocycles. The van der Waals surface area contributed by atoms with E-state index in [0.717, 1.165) is 30.1 Å². The molecule has 0 radical (unpaired) electrons. The lowest BCUT2D eigenvalue weighted by molar-refractivity contribution is -0.132. The third-order valence-electron chi connectivity index (χ3n) is 3.79. The SMILES string of the molecule is CC(=O)Nc1cccc(NC(=O)C(=O)Nc2nc3c(s2)CN(C)CC3)c1. The first-order valence-corrected chi connectivity index (χ1v) is 8.89. The standard InChI is InChI=1S/C17H19N5O3S/c1-10(23)18-11-4-3-5-12(8-11)19-15(24)16(25)21-17-20-13-6-7-22(2)9-14(13)26-17/h3-5,8H,6-7,9H2,1-2H3,(H,18,23)(H,19,24)(H,20,21,25). The number of benzene rings is 1. The van der Waals surface area contributed by atoms with Crippen LogP contribution < -0.4 is 16.0 Å². The lowest BCUT2D eigenvalue weighted by Gasteiger charge is -2.20. The largest absolute Gasteiger partial charge is 0.326 e. The van der Waals surface area contributed by atoms with Gasteiger partial charge >= 0.3 is 11.8 Å². The maximum atomic E-state index is 12.1. The van der Waals surface area contributed by atoms with Crippen LogP contribution in [0.5, 0.6) is 0 Å². The van der Waals surface area contributed by atoms with Crippen LogP contribution in [0.3, 0.4) is 0 Å².